The van der Waals surface area contributed by atoms with E-state index in [9.17, 15) is 9.59 Å². The molecule has 0 saturated carbocycles. The molecule has 3 N–H and O–H groups in total. The summed E-state index contributed by atoms with van der Waals surface area (Å²) in [6.45, 7) is 0. The van der Waals surface area contributed by atoms with Crippen LogP contribution in [0.3, 0.4) is 0 Å². The minimum absolute atomic E-state index is 0.0797. The van der Waals surface area contributed by atoms with Gasteiger partial charge in [-0.1, -0.05) is 47.1 Å². The maximum atomic E-state index is 11.9. The van der Waals surface area contributed by atoms with E-state index in [1.54, 1.807) is 42.5 Å². The van der Waals surface area contributed by atoms with Crippen molar-refractivity contribution in [3.05, 3.63) is 58.1 Å². The molecule has 0 bridgehead atoms. The molecular formula is C16H12Cl2N4O2S. The molecule has 0 aliphatic rings. The molecule has 0 atom stereocenters. The number of aromatic nitrogens is 2. The quantitative estimate of drug-likeness (QED) is 0.467. The fraction of sp³-hybridized carbons (Fsp3) is 0.0625. The number of amides is 2. The Balaban J connectivity index is 1.52. The van der Waals surface area contributed by atoms with Crippen LogP contribution >= 0.6 is 35.0 Å². The van der Waals surface area contributed by atoms with Crippen LogP contribution in [0.4, 0.5) is 0 Å². The minimum Gasteiger partial charge on any atom is -0.333 e. The van der Waals surface area contributed by atoms with Gasteiger partial charge in [0.15, 0.2) is 5.16 Å². The Kier molecular flexibility index (Phi) is 5.47. The number of H-pyrrole nitrogens is 1. The summed E-state index contributed by atoms with van der Waals surface area (Å²) in [6.07, 6.45) is 0. The lowest BCUT2D eigenvalue weighted by atomic mass is 10.2. The second-order valence-electron chi connectivity index (χ2n) is 4.97. The number of hydrogen-bond acceptors (Lipinski definition) is 4. The number of hydrogen-bond donors (Lipinski definition) is 3. The number of carbonyl (C=O) groups is 2. The first kappa shape index (κ1) is 17.6. The van der Waals surface area contributed by atoms with Crippen LogP contribution in [0.5, 0.6) is 0 Å². The van der Waals surface area contributed by atoms with E-state index in [0.717, 1.165) is 11.0 Å². The topological polar surface area (TPSA) is 86.9 Å². The van der Waals surface area contributed by atoms with Crippen molar-refractivity contribution in [3.8, 4) is 0 Å². The smallest absolute Gasteiger partial charge is 0.271 e. The lowest BCUT2D eigenvalue weighted by Crippen LogP contribution is -2.42. The molecule has 2 amide bonds. The van der Waals surface area contributed by atoms with Gasteiger partial charge in [-0.25, -0.2) is 4.98 Å². The molecule has 0 radical (unpaired) electrons. The van der Waals surface area contributed by atoms with Crippen LogP contribution in [0.15, 0.2) is 47.6 Å². The van der Waals surface area contributed by atoms with Crippen molar-refractivity contribution in [1.82, 2.24) is 20.8 Å². The molecule has 0 saturated heterocycles. The van der Waals surface area contributed by atoms with Crippen LogP contribution in [0, 0.1) is 0 Å². The predicted octanol–water partition coefficient (Wildman–Crippen LogP) is 3.42. The first-order valence-corrected chi connectivity index (χ1v) is 8.89. The molecule has 0 fully saturated rings. The monoisotopic (exact) mass is 394 g/mol. The van der Waals surface area contributed by atoms with Crippen LogP contribution in [-0.2, 0) is 4.79 Å². The van der Waals surface area contributed by atoms with E-state index in [4.69, 9.17) is 23.2 Å². The van der Waals surface area contributed by atoms with Crippen LogP contribution in [0.25, 0.3) is 11.0 Å². The highest BCUT2D eigenvalue weighted by Gasteiger charge is 2.11. The molecular weight excluding hydrogens is 383 g/mol. The summed E-state index contributed by atoms with van der Waals surface area (Å²) in [5.74, 6) is -0.776. The molecule has 0 spiro atoms. The number of benzene rings is 2. The molecule has 3 aromatic rings. The van der Waals surface area contributed by atoms with Crippen molar-refractivity contribution in [1.29, 1.82) is 0 Å². The van der Waals surface area contributed by atoms with E-state index in [1.165, 1.54) is 11.8 Å². The molecule has 1 aromatic heterocycles. The van der Waals surface area contributed by atoms with E-state index in [2.05, 4.69) is 20.8 Å². The molecule has 3 rings (SSSR count). The van der Waals surface area contributed by atoms with Gasteiger partial charge in [0.2, 0.25) is 5.91 Å². The number of halogens is 2. The van der Waals surface area contributed by atoms with Crippen molar-refractivity contribution in [2.24, 2.45) is 0 Å². The third-order valence-corrected chi connectivity index (χ3v) is 4.63. The lowest BCUT2D eigenvalue weighted by molar-refractivity contribution is -0.119. The number of hydrazine groups is 1. The van der Waals surface area contributed by atoms with E-state index in [0.29, 0.717) is 15.2 Å². The number of thioether (sulfide) groups is 1. The highest BCUT2D eigenvalue weighted by molar-refractivity contribution is 7.99. The Morgan fingerprint density at radius 1 is 1.12 bits per heavy atom. The van der Waals surface area contributed by atoms with Gasteiger partial charge in [0.05, 0.1) is 27.4 Å². The average Bonchev–Trinajstić information content (AvgIpc) is 3.00. The summed E-state index contributed by atoms with van der Waals surface area (Å²) >= 11 is 13.1. The van der Waals surface area contributed by atoms with E-state index in [-0.39, 0.29) is 17.2 Å². The largest absolute Gasteiger partial charge is 0.333 e. The summed E-state index contributed by atoms with van der Waals surface area (Å²) < 4.78 is 0. The summed E-state index contributed by atoms with van der Waals surface area (Å²) in [7, 11) is 0. The van der Waals surface area contributed by atoms with E-state index in [1.807, 2.05) is 0 Å². The van der Waals surface area contributed by atoms with Gasteiger partial charge in [0.25, 0.3) is 5.91 Å². The fourth-order valence-corrected chi connectivity index (χ4v) is 3.11. The van der Waals surface area contributed by atoms with Crippen molar-refractivity contribution in [2.75, 3.05) is 5.75 Å². The zero-order valence-corrected chi connectivity index (χ0v) is 15.0. The van der Waals surface area contributed by atoms with Crippen LogP contribution in [0.1, 0.15) is 10.4 Å². The van der Waals surface area contributed by atoms with Gasteiger partial charge in [-0.15, -0.1) is 0 Å². The van der Waals surface area contributed by atoms with Crippen LogP contribution in [0.2, 0.25) is 10.0 Å². The molecule has 0 aliphatic carbocycles. The Bertz CT molecular complexity index is 945. The average molecular weight is 395 g/mol. The standard InChI is InChI=1S/C16H12Cl2N4O2S/c17-9-5-6-12-13(7-9)20-16(19-12)25-8-14(23)21-22-15(24)10-3-1-2-4-11(10)18/h1-7H,8H2,(H,19,20)(H,21,23)(H,22,24). The fourth-order valence-electron chi connectivity index (χ4n) is 2.04. The van der Waals surface area contributed by atoms with Crippen LogP contribution in [-0.4, -0.2) is 27.5 Å². The van der Waals surface area contributed by atoms with Gasteiger partial charge in [-0.2, -0.15) is 0 Å². The zero-order valence-electron chi connectivity index (χ0n) is 12.7. The highest BCUT2D eigenvalue weighted by Crippen LogP contribution is 2.22. The summed E-state index contributed by atoms with van der Waals surface area (Å²) in [5.41, 5.74) is 6.51. The molecule has 25 heavy (non-hydrogen) atoms. The van der Waals surface area contributed by atoms with Crippen molar-refractivity contribution in [3.63, 3.8) is 0 Å². The number of fused-ring (bicyclic) bond motifs is 1. The number of aromatic amines is 1. The molecule has 128 valence electrons. The maximum absolute atomic E-state index is 11.9. The highest BCUT2D eigenvalue weighted by atomic mass is 35.5. The predicted molar refractivity (Wildman–Crippen MR) is 98.9 cm³/mol. The third-order valence-electron chi connectivity index (χ3n) is 3.20. The van der Waals surface area contributed by atoms with E-state index >= 15 is 0 Å². The first-order valence-electron chi connectivity index (χ1n) is 7.15. The second-order valence-corrected chi connectivity index (χ2v) is 6.78. The SMILES string of the molecule is O=C(CSc1nc2ccc(Cl)cc2[nH]1)NNC(=O)c1ccccc1Cl. The second kappa shape index (κ2) is 7.77. The Morgan fingerprint density at radius 3 is 2.72 bits per heavy atom. The normalized spacial score (nSPS) is 10.6. The van der Waals surface area contributed by atoms with Gasteiger partial charge in [-0.3, -0.25) is 20.4 Å². The number of rotatable bonds is 4. The molecule has 2 aromatic carbocycles. The first-order chi connectivity index (χ1) is 12.0. The lowest BCUT2D eigenvalue weighted by Gasteiger charge is -2.07. The van der Waals surface area contributed by atoms with Gasteiger partial charge in [0, 0.05) is 5.02 Å². The van der Waals surface area contributed by atoms with Gasteiger partial charge < -0.3 is 4.98 Å². The Hall–Kier alpha value is -2.22. The van der Waals surface area contributed by atoms with E-state index < -0.39 is 5.91 Å². The number of carbonyl (C=O) groups excluding carboxylic acids is 2. The zero-order chi connectivity index (χ0) is 17.8. The molecule has 1 heterocycles. The molecule has 0 aliphatic heterocycles. The maximum Gasteiger partial charge on any atom is 0.271 e. The van der Waals surface area contributed by atoms with Gasteiger partial charge in [0.1, 0.15) is 0 Å². The van der Waals surface area contributed by atoms with Crippen LogP contribution < -0.4 is 10.9 Å². The summed E-state index contributed by atoms with van der Waals surface area (Å²) in [4.78, 5) is 31.2. The summed E-state index contributed by atoms with van der Waals surface area (Å²) in [5, 5.41) is 1.50. The minimum atomic E-state index is -0.484. The van der Waals surface area contributed by atoms with Crippen molar-refractivity contribution < 1.29 is 9.59 Å². The molecule has 0 unspecified atom stereocenters. The third kappa shape index (κ3) is 4.45. The molecule has 9 heteroatoms. The molecule has 6 nitrogen and oxygen atoms in total. The Labute approximate surface area is 157 Å². The number of nitrogens with one attached hydrogen (secondary N) is 3. The Morgan fingerprint density at radius 2 is 1.92 bits per heavy atom. The summed E-state index contributed by atoms with van der Waals surface area (Å²) in [6, 6.07) is 11.9. The van der Waals surface area contributed by atoms with Gasteiger partial charge in [-0.05, 0) is 30.3 Å². The van der Waals surface area contributed by atoms with Crippen molar-refractivity contribution >= 4 is 57.8 Å². The van der Waals surface area contributed by atoms with Crippen molar-refractivity contribution in [2.45, 2.75) is 5.16 Å². The number of nitrogens with zero attached hydrogens (tertiary/aromatic N) is 1. The van der Waals surface area contributed by atoms with Gasteiger partial charge >= 0.3 is 0 Å². The number of imidazole rings is 1.